The van der Waals surface area contributed by atoms with Crippen molar-refractivity contribution in [3.05, 3.63) is 0 Å². The second-order valence-corrected chi connectivity index (χ2v) is 9.55. The van der Waals surface area contributed by atoms with Crippen molar-refractivity contribution in [2.24, 2.45) is 11.3 Å². The highest BCUT2D eigenvalue weighted by molar-refractivity contribution is 8.00. The fourth-order valence-corrected chi connectivity index (χ4v) is 5.59. The number of hydrogen-bond donors (Lipinski definition) is 0. The molecule has 0 amide bonds. The number of rotatable bonds is 2. The summed E-state index contributed by atoms with van der Waals surface area (Å²) in [5, 5.41) is 1.99. The van der Waals surface area contributed by atoms with Crippen LogP contribution in [0.15, 0.2) is 0 Å². The van der Waals surface area contributed by atoms with Gasteiger partial charge in [-0.05, 0) is 49.9 Å². The molecule has 2 rings (SSSR count). The highest BCUT2D eigenvalue weighted by atomic mass is 32.2. The molecule has 0 bridgehead atoms. The quantitative estimate of drug-likeness (QED) is 0.562. The lowest BCUT2D eigenvalue weighted by Crippen LogP contribution is -2.27. The third kappa shape index (κ3) is 5.33. The molecule has 0 saturated heterocycles. The first-order chi connectivity index (χ1) is 9.05. The van der Waals surface area contributed by atoms with Crippen LogP contribution in [0.2, 0.25) is 0 Å². The third-order valence-corrected chi connectivity index (χ3v) is 7.05. The Labute approximate surface area is 125 Å². The van der Waals surface area contributed by atoms with Crippen molar-refractivity contribution in [1.29, 1.82) is 0 Å². The molecule has 0 aliphatic heterocycles. The molecule has 0 aromatic rings. The molecule has 112 valence electrons. The lowest BCUT2D eigenvalue weighted by Gasteiger charge is -2.37. The van der Waals surface area contributed by atoms with Gasteiger partial charge in [-0.1, -0.05) is 52.9 Å². The molecule has 2 saturated carbocycles. The molecule has 0 heterocycles. The summed E-state index contributed by atoms with van der Waals surface area (Å²) < 4.78 is 0. The zero-order valence-corrected chi connectivity index (χ0v) is 14.2. The van der Waals surface area contributed by atoms with E-state index in [1.54, 1.807) is 0 Å². The summed E-state index contributed by atoms with van der Waals surface area (Å²) in [7, 11) is 0. The van der Waals surface area contributed by atoms with Gasteiger partial charge in [0.15, 0.2) is 0 Å². The molecule has 19 heavy (non-hydrogen) atoms. The van der Waals surface area contributed by atoms with Crippen LogP contribution in [0.5, 0.6) is 0 Å². The van der Waals surface area contributed by atoms with Gasteiger partial charge in [0, 0.05) is 10.5 Å². The van der Waals surface area contributed by atoms with Crippen molar-refractivity contribution >= 4 is 11.8 Å². The summed E-state index contributed by atoms with van der Waals surface area (Å²) in [6.07, 6.45) is 16.4. The van der Waals surface area contributed by atoms with Crippen LogP contribution in [-0.2, 0) is 0 Å². The van der Waals surface area contributed by atoms with Crippen molar-refractivity contribution in [2.75, 3.05) is 0 Å². The summed E-state index contributed by atoms with van der Waals surface area (Å²) in [6.45, 7) is 7.29. The van der Waals surface area contributed by atoms with Crippen LogP contribution in [0, 0.1) is 11.3 Å². The van der Waals surface area contributed by atoms with Gasteiger partial charge in [0.1, 0.15) is 0 Å². The Kier molecular flexibility index (Phi) is 6.11. The first kappa shape index (κ1) is 15.7. The van der Waals surface area contributed by atoms with E-state index in [4.69, 9.17) is 0 Å². The van der Waals surface area contributed by atoms with Gasteiger partial charge in [0.2, 0.25) is 0 Å². The summed E-state index contributed by atoms with van der Waals surface area (Å²) in [5.74, 6) is 0.974. The molecule has 0 aromatic heterocycles. The van der Waals surface area contributed by atoms with Crippen LogP contribution >= 0.6 is 11.8 Å². The molecule has 1 heteroatoms. The highest BCUT2D eigenvalue weighted by Gasteiger charge is 2.30. The fourth-order valence-electron chi connectivity index (χ4n) is 3.89. The largest absolute Gasteiger partial charge is 0.155 e. The Morgan fingerprint density at radius 1 is 0.632 bits per heavy atom. The molecule has 0 aromatic carbocycles. The van der Waals surface area contributed by atoms with E-state index in [9.17, 15) is 0 Å². The van der Waals surface area contributed by atoms with Crippen LogP contribution in [-0.4, -0.2) is 10.5 Å². The van der Waals surface area contributed by atoms with E-state index in [0.717, 1.165) is 16.4 Å². The van der Waals surface area contributed by atoms with Gasteiger partial charge in [-0.3, -0.25) is 0 Å². The van der Waals surface area contributed by atoms with E-state index in [-0.39, 0.29) is 0 Å². The molecule has 0 radical (unpaired) electrons. The molecule has 0 atom stereocenters. The Bertz CT molecular complexity index is 237. The van der Waals surface area contributed by atoms with Gasteiger partial charge in [-0.2, -0.15) is 11.8 Å². The van der Waals surface area contributed by atoms with E-state index < -0.39 is 0 Å². The second-order valence-electron chi connectivity index (χ2n) is 7.94. The van der Waals surface area contributed by atoms with Crippen molar-refractivity contribution in [1.82, 2.24) is 0 Å². The van der Waals surface area contributed by atoms with E-state index in [0.29, 0.717) is 5.41 Å². The normalized spacial score (nSPS) is 31.7. The number of hydrogen-bond acceptors (Lipinski definition) is 1. The molecule has 0 nitrogen and oxygen atoms in total. The lowest BCUT2D eigenvalue weighted by atomic mass is 9.72. The predicted octanol–water partition coefficient (Wildman–Crippen LogP) is 6.44. The third-order valence-electron chi connectivity index (χ3n) is 5.34. The Hall–Kier alpha value is 0.350. The molecule has 2 fully saturated rings. The molecule has 0 spiro atoms. The summed E-state index contributed by atoms with van der Waals surface area (Å²) in [5.41, 5.74) is 0.538. The minimum atomic E-state index is 0.538. The number of thioether (sulfide) groups is 1. The van der Waals surface area contributed by atoms with E-state index >= 15 is 0 Å². The average molecular weight is 283 g/mol. The Morgan fingerprint density at radius 2 is 1.11 bits per heavy atom. The maximum absolute atomic E-state index is 2.43. The highest BCUT2D eigenvalue weighted by Crippen LogP contribution is 2.43. The molecular formula is C18H34S. The lowest BCUT2D eigenvalue weighted by molar-refractivity contribution is 0.182. The predicted molar refractivity (Wildman–Crippen MR) is 88.9 cm³/mol. The SMILES string of the molecule is CC(C)(C)C1CCC(SC2CCCCCCC2)CC1. The van der Waals surface area contributed by atoms with Gasteiger partial charge < -0.3 is 0 Å². The first-order valence-electron chi connectivity index (χ1n) is 8.71. The molecule has 2 aliphatic carbocycles. The Balaban J connectivity index is 1.72. The molecular weight excluding hydrogens is 248 g/mol. The molecule has 0 unspecified atom stereocenters. The maximum atomic E-state index is 2.43. The Morgan fingerprint density at radius 3 is 1.63 bits per heavy atom. The van der Waals surface area contributed by atoms with Crippen molar-refractivity contribution < 1.29 is 0 Å². The maximum Gasteiger partial charge on any atom is 0.00500 e. The van der Waals surface area contributed by atoms with Crippen LogP contribution in [0.3, 0.4) is 0 Å². The molecule has 0 N–H and O–H groups in total. The molecule has 2 aliphatic rings. The monoisotopic (exact) mass is 282 g/mol. The zero-order chi connectivity index (χ0) is 13.7. The first-order valence-corrected chi connectivity index (χ1v) is 9.65. The van der Waals surface area contributed by atoms with E-state index in [1.165, 1.54) is 70.6 Å². The fraction of sp³-hybridized carbons (Fsp3) is 1.00. The average Bonchev–Trinajstić information content (AvgIpc) is 2.32. The minimum Gasteiger partial charge on any atom is -0.155 e. The zero-order valence-electron chi connectivity index (χ0n) is 13.4. The minimum absolute atomic E-state index is 0.538. The topological polar surface area (TPSA) is 0 Å². The van der Waals surface area contributed by atoms with Gasteiger partial charge in [-0.25, -0.2) is 0 Å². The van der Waals surface area contributed by atoms with Gasteiger partial charge in [0.05, 0.1) is 0 Å². The summed E-state index contributed by atoms with van der Waals surface area (Å²) in [6, 6.07) is 0. The van der Waals surface area contributed by atoms with Crippen molar-refractivity contribution in [3.63, 3.8) is 0 Å². The van der Waals surface area contributed by atoms with Crippen LogP contribution < -0.4 is 0 Å². The van der Waals surface area contributed by atoms with Gasteiger partial charge in [0.25, 0.3) is 0 Å². The van der Waals surface area contributed by atoms with Crippen LogP contribution in [0.1, 0.15) is 91.4 Å². The standard InChI is InChI=1S/C18H34S/c1-18(2,3)15-11-13-17(14-12-15)19-16-9-7-5-4-6-8-10-16/h15-17H,4-14H2,1-3H3. The van der Waals surface area contributed by atoms with Crippen LogP contribution in [0.25, 0.3) is 0 Å². The second kappa shape index (κ2) is 7.38. The van der Waals surface area contributed by atoms with Crippen LogP contribution in [0.4, 0.5) is 0 Å². The van der Waals surface area contributed by atoms with Crippen molar-refractivity contribution in [3.8, 4) is 0 Å². The smallest absolute Gasteiger partial charge is 0.00500 e. The van der Waals surface area contributed by atoms with Gasteiger partial charge in [-0.15, -0.1) is 0 Å². The summed E-state index contributed by atoms with van der Waals surface area (Å²) >= 11 is 2.38. The van der Waals surface area contributed by atoms with E-state index in [1.807, 2.05) is 0 Å². The van der Waals surface area contributed by atoms with Crippen molar-refractivity contribution in [2.45, 2.75) is 102 Å². The van der Waals surface area contributed by atoms with E-state index in [2.05, 4.69) is 32.5 Å². The summed E-state index contributed by atoms with van der Waals surface area (Å²) in [4.78, 5) is 0. The van der Waals surface area contributed by atoms with Gasteiger partial charge >= 0.3 is 0 Å².